The van der Waals surface area contributed by atoms with Gasteiger partial charge in [0.2, 0.25) is 0 Å². The third-order valence-electron chi connectivity index (χ3n) is 14.7. The number of nitrogens with zero attached hydrogens (tertiary/aromatic N) is 2. The Labute approximate surface area is 348 Å². The van der Waals surface area contributed by atoms with Crippen molar-refractivity contribution in [3.05, 3.63) is 215 Å². The molecule has 1 fully saturated rings. The average Bonchev–Trinajstić information content (AvgIpc) is 3.89. The van der Waals surface area contributed by atoms with E-state index in [1.807, 2.05) is 0 Å². The Kier molecular flexibility index (Phi) is 7.67. The lowest BCUT2D eigenvalue weighted by Crippen LogP contribution is -2.42. The zero-order chi connectivity index (χ0) is 39.3. The fourth-order valence-electron chi connectivity index (χ4n) is 12.4. The lowest BCUT2D eigenvalue weighted by molar-refractivity contribution is 0.177. The van der Waals surface area contributed by atoms with E-state index in [1.165, 1.54) is 97.5 Å². The molecule has 4 aliphatic rings. The van der Waals surface area contributed by atoms with Crippen LogP contribution in [0.1, 0.15) is 66.5 Å². The molecule has 0 aromatic heterocycles. The number of benzene rings is 8. The molecule has 0 bridgehead atoms. The summed E-state index contributed by atoms with van der Waals surface area (Å²) in [4.78, 5) is 5.18. The fourth-order valence-corrected chi connectivity index (χ4v) is 12.4. The van der Waals surface area contributed by atoms with E-state index in [1.54, 1.807) is 11.1 Å². The van der Waals surface area contributed by atoms with Gasteiger partial charge in [-0.15, -0.1) is 0 Å². The zero-order valence-corrected chi connectivity index (χ0v) is 33.9. The second-order valence-corrected chi connectivity index (χ2v) is 18.0. The van der Waals surface area contributed by atoms with Gasteiger partial charge >= 0.3 is 0 Å². The predicted molar refractivity (Wildman–Crippen MR) is 246 cm³/mol. The molecule has 4 aliphatic carbocycles. The van der Waals surface area contributed by atoms with E-state index in [2.05, 4.69) is 206 Å². The molecule has 3 unspecified atom stereocenters. The fraction of sp³-hybridized carbons (Fsp3) is 0.193. The van der Waals surface area contributed by atoms with Crippen LogP contribution in [0.15, 0.2) is 182 Å². The molecule has 8 aromatic carbocycles. The van der Waals surface area contributed by atoms with Gasteiger partial charge in [0.05, 0.1) is 11.4 Å². The molecule has 2 nitrogen and oxygen atoms in total. The van der Waals surface area contributed by atoms with Gasteiger partial charge in [-0.2, -0.15) is 0 Å². The highest BCUT2D eigenvalue weighted by Gasteiger charge is 2.60. The molecule has 0 N–H and O–H groups in total. The SMILES string of the molecule is CC1(C)c2ccccc2-c2ccc(N(c3ccccc3)c3cccc4c3C35c6c(cccc6N(c6ccccc6)c6ccc7ccccc7c6)CC3CCCC5C4)cc21. The maximum atomic E-state index is 2.61. The monoisotopic (exact) mass is 760 g/mol. The third kappa shape index (κ3) is 4.99. The molecule has 1 spiro atoms. The quantitative estimate of drug-likeness (QED) is 0.167. The van der Waals surface area contributed by atoms with Crippen LogP contribution in [0.4, 0.5) is 34.1 Å². The molecule has 0 heterocycles. The standard InChI is InChI=1S/C57H48N2/c1-56(2)50-27-12-11-26-48(50)49-33-32-47(37-51(49)56)59(45-24-7-4-8-25-45)53-29-14-19-41-35-43-21-15-20-42-34-40-18-13-28-52(54(40)57(42,43)55(41)53)58(44-22-5-3-6-23-44)46-31-30-38-16-9-10-17-39(38)36-46/h3-14,16-19,22-33,36-37,42-43H,15,20-21,34-35H2,1-2H3. The van der Waals surface area contributed by atoms with Crippen molar-refractivity contribution in [2.24, 2.45) is 11.8 Å². The highest BCUT2D eigenvalue weighted by molar-refractivity contribution is 5.92. The molecule has 2 heteroatoms. The lowest BCUT2D eigenvalue weighted by Gasteiger charge is -2.46. The minimum absolute atomic E-state index is 0.0931. The number of hydrogen-bond donors (Lipinski definition) is 0. The number of rotatable bonds is 6. The summed E-state index contributed by atoms with van der Waals surface area (Å²) in [7, 11) is 0. The normalized spacial score (nSPS) is 20.2. The van der Waals surface area contributed by atoms with Crippen molar-refractivity contribution >= 4 is 44.9 Å². The minimum atomic E-state index is -0.126. The van der Waals surface area contributed by atoms with Gasteiger partial charge in [0, 0.05) is 33.6 Å². The molecular weight excluding hydrogens is 713 g/mol. The highest BCUT2D eigenvalue weighted by Crippen LogP contribution is 2.67. The molecule has 12 rings (SSSR count). The van der Waals surface area contributed by atoms with Gasteiger partial charge in [0.15, 0.2) is 0 Å². The van der Waals surface area contributed by atoms with E-state index in [4.69, 9.17) is 0 Å². The van der Waals surface area contributed by atoms with Crippen LogP contribution in [0.25, 0.3) is 21.9 Å². The summed E-state index contributed by atoms with van der Waals surface area (Å²) in [6.45, 7) is 4.80. The molecule has 0 saturated heterocycles. The molecule has 1 saturated carbocycles. The second-order valence-electron chi connectivity index (χ2n) is 18.0. The second kappa shape index (κ2) is 13.1. The van der Waals surface area contributed by atoms with Crippen LogP contribution in [0.2, 0.25) is 0 Å². The van der Waals surface area contributed by atoms with Gasteiger partial charge in [-0.3, -0.25) is 0 Å². The Balaban J connectivity index is 1.11. The summed E-state index contributed by atoms with van der Waals surface area (Å²) in [6, 6.07) is 68.8. The summed E-state index contributed by atoms with van der Waals surface area (Å²) in [5.41, 5.74) is 18.9. The first kappa shape index (κ1) is 34.6. The van der Waals surface area contributed by atoms with Crippen LogP contribution in [-0.4, -0.2) is 0 Å². The first-order valence-corrected chi connectivity index (χ1v) is 21.7. The van der Waals surface area contributed by atoms with Gasteiger partial charge < -0.3 is 9.80 Å². The van der Waals surface area contributed by atoms with Crippen molar-refractivity contribution in [3.8, 4) is 11.1 Å². The van der Waals surface area contributed by atoms with E-state index < -0.39 is 0 Å². The lowest BCUT2D eigenvalue weighted by atomic mass is 9.58. The molecule has 8 aromatic rings. The molecule has 59 heavy (non-hydrogen) atoms. The summed E-state index contributed by atoms with van der Waals surface area (Å²) in [5, 5.41) is 2.53. The molecule has 0 aliphatic heterocycles. The summed E-state index contributed by atoms with van der Waals surface area (Å²) < 4.78 is 0. The third-order valence-corrected chi connectivity index (χ3v) is 14.7. The average molecular weight is 761 g/mol. The maximum absolute atomic E-state index is 2.61. The van der Waals surface area contributed by atoms with Gasteiger partial charge in [0.1, 0.15) is 0 Å². The van der Waals surface area contributed by atoms with E-state index >= 15 is 0 Å². The summed E-state index contributed by atoms with van der Waals surface area (Å²) in [5.74, 6) is 1.06. The van der Waals surface area contributed by atoms with Crippen LogP contribution in [0.5, 0.6) is 0 Å². The molecule has 3 atom stereocenters. The first-order chi connectivity index (χ1) is 29.0. The first-order valence-electron chi connectivity index (χ1n) is 21.7. The van der Waals surface area contributed by atoms with Gasteiger partial charge in [-0.1, -0.05) is 142 Å². The van der Waals surface area contributed by atoms with Crippen molar-refractivity contribution in [3.63, 3.8) is 0 Å². The molecule has 0 radical (unpaired) electrons. The Morgan fingerprint density at radius 3 is 1.59 bits per heavy atom. The largest absolute Gasteiger partial charge is 0.310 e. The van der Waals surface area contributed by atoms with Crippen LogP contribution in [0, 0.1) is 11.8 Å². The Hall–Kier alpha value is -6.38. The van der Waals surface area contributed by atoms with Crippen LogP contribution in [-0.2, 0) is 23.7 Å². The van der Waals surface area contributed by atoms with E-state index in [0.717, 1.165) is 12.8 Å². The summed E-state index contributed by atoms with van der Waals surface area (Å²) in [6.07, 6.45) is 6.01. The Bertz CT molecular complexity index is 2920. The molecular formula is C57H48N2. The maximum Gasteiger partial charge on any atom is 0.0505 e. The van der Waals surface area contributed by atoms with E-state index in [0.29, 0.717) is 11.8 Å². The van der Waals surface area contributed by atoms with Gasteiger partial charge in [-0.25, -0.2) is 0 Å². The van der Waals surface area contributed by atoms with Gasteiger partial charge in [0.25, 0.3) is 0 Å². The Morgan fingerprint density at radius 1 is 0.424 bits per heavy atom. The number of anilines is 6. The van der Waals surface area contributed by atoms with Crippen molar-refractivity contribution < 1.29 is 0 Å². The zero-order valence-electron chi connectivity index (χ0n) is 33.9. The number of fused-ring (bicyclic) bond motifs is 6. The molecule has 286 valence electrons. The molecule has 0 amide bonds. The topological polar surface area (TPSA) is 6.48 Å². The minimum Gasteiger partial charge on any atom is -0.310 e. The number of hydrogen-bond acceptors (Lipinski definition) is 2. The highest BCUT2D eigenvalue weighted by atomic mass is 15.2. The summed E-state index contributed by atoms with van der Waals surface area (Å²) >= 11 is 0. The van der Waals surface area contributed by atoms with Crippen LogP contribution >= 0.6 is 0 Å². The van der Waals surface area contributed by atoms with Crippen molar-refractivity contribution in [1.82, 2.24) is 0 Å². The van der Waals surface area contributed by atoms with Crippen molar-refractivity contribution in [1.29, 1.82) is 0 Å². The van der Waals surface area contributed by atoms with E-state index in [-0.39, 0.29) is 10.8 Å². The van der Waals surface area contributed by atoms with Crippen LogP contribution in [0.3, 0.4) is 0 Å². The number of para-hydroxylation sites is 2. The Morgan fingerprint density at radius 2 is 0.949 bits per heavy atom. The smallest absolute Gasteiger partial charge is 0.0505 e. The predicted octanol–water partition coefficient (Wildman–Crippen LogP) is 14.9. The van der Waals surface area contributed by atoms with Crippen molar-refractivity contribution in [2.45, 2.75) is 56.8 Å². The van der Waals surface area contributed by atoms with Crippen LogP contribution < -0.4 is 9.80 Å². The van der Waals surface area contributed by atoms with E-state index in [9.17, 15) is 0 Å². The van der Waals surface area contributed by atoms with Gasteiger partial charge in [-0.05, 0) is 153 Å². The van der Waals surface area contributed by atoms with Crippen molar-refractivity contribution in [2.75, 3.05) is 9.80 Å².